The number of benzene rings is 1. The summed E-state index contributed by atoms with van der Waals surface area (Å²) in [5, 5.41) is 34.1. The van der Waals surface area contributed by atoms with Gasteiger partial charge in [0.15, 0.2) is 23.2 Å². The normalized spacial score (nSPS) is 24.1. The van der Waals surface area contributed by atoms with Crippen LogP contribution in [0.5, 0.6) is 0 Å². The molecular formula is C20H22N6O4. The number of ether oxygens (including phenoxy) is 1. The quantitative estimate of drug-likeness (QED) is 0.311. The Hall–Kier alpha value is -3.05. The summed E-state index contributed by atoms with van der Waals surface area (Å²) < 4.78 is 7.13. The van der Waals surface area contributed by atoms with Crippen molar-refractivity contribution in [1.82, 2.24) is 24.5 Å². The number of aromatic nitrogens is 5. The third-order valence-electron chi connectivity index (χ3n) is 5.42. The lowest BCUT2D eigenvalue weighted by molar-refractivity contribution is -0.0511. The summed E-state index contributed by atoms with van der Waals surface area (Å²) in [5.74, 6) is 0.571. The molecule has 10 heteroatoms. The lowest BCUT2D eigenvalue weighted by atomic mass is 10.1. The maximum Gasteiger partial charge on any atom is 0.167 e. The molecule has 0 aliphatic carbocycles. The summed E-state index contributed by atoms with van der Waals surface area (Å²) in [4.78, 5) is 16.3. The van der Waals surface area contributed by atoms with Crippen LogP contribution in [0.3, 0.4) is 0 Å². The zero-order valence-corrected chi connectivity index (χ0v) is 16.0. The van der Waals surface area contributed by atoms with Crippen molar-refractivity contribution in [3.8, 4) is 0 Å². The van der Waals surface area contributed by atoms with Crippen molar-refractivity contribution >= 4 is 27.9 Å². The van der Waals surface area contributed by atoms with E-state index < -0.39 is 31.1 Å². The molecule has 10 nitrogen and oxygen atoms in total. The molecule has 0 amide bonds. The van der Waals surface area contributed by atoms with Crippen LogP contribution in [-0.4, -0.2) is 71.3 Å². The fraction of sp³-hybridized carbons (Fsp3) is 0.350. The van der Waals surface area contributed by atoms with Crippen molar-refractivity contribution in [1.29, 1.82) is 0 Å². The number of nitrogens with one attached hydrogen (secondary N) is 2. The molecule has 30 heavy (non-hydrogen) atoms. The van der Waals surface area contributed by atoms with Crippen LogP contribution in [-0.2, 0) is 11.2 Å². The predicted molar refractivity (Wildman–Crippen MR) is 109 cm³/mol. The van der Waals surface area contributed by atoms with E-state index in [2.05, 4.69) is 37.4 Å². The van der Waals surface area contributed by atoms with Gasteiger partial charge in [-0.25, -0.2) is 15.0 Å². The Bertz CT molecular complexity index is 1140. The Balaban J connectivity index is 1.33. The van der Waals surface area contributed by atoms with Crippen LogP contribution < -0.4 is 5.32 Å². The van der Waals surface area contributed by atoms with Crippen molar-refractivity contribution in [2.75, 3.05) is 18.5 Å². The van der Waals surface area contributed by atoms with Gasteiger partial charge in [-0.3, -0.25) is 4.57 Å². The fourth-order valence-electron chi connectivity index (χ4n) is 3.86. The molecule has 0 spiro atoms. The van der Waals surface area contributed by atoms with Crippen LogP contribution in [0.4, 0.5) is 5.82 Å². The third-order valence-corrected chi connectivity index (χ3v) is 5.42. The Labute approximate surface area is 171 Å². The van der Waals surface area contributed by atoms with Gasteiger partial charge in [0, 0.05) is 24.2 Å². The molecule has 1 aliphatic rings. The SMILES string of the molecule is OC[C@H]1O[C@@H](n2cnc3c(NCCc4cc5ccccc5[nH]4)ncnc32)C(O)C1O. The topological polar surface area (TPSA) is 141 Å². The van der Waals surface area contributed by atoms with E-state index in [1.54, 1.807) is 4.57 Å². The van der Waals surface area contributed by atoms with E-state index in [0.717, 1.165) is 17.6 Å². The van der Waals surface area contributed by atoms with Gasteiger partial charge in [0.1, 0.15) is 24.6 Å². The summed E-state index contributed by atoms with van der Waals surface area (Å²) >= 11 is 0. The van der Waals surface area contributed by atoms with Crippen LogP contribution in [0, 0.1) is 0 Å². The van der Waals surface area contributed by atoms with Gasteiger partial charge in [-0.2, -0.15) is 0 Å². The summed E-state index contributed by atoms with van der Waals surface area (Å²) in [7, 11) is 0. The van der Waals surface area contributed by atoms with Crippen molar-refractivity contribution < 1.29 is 20.1 Å². The van der Waals surface area contributed by atoms with Gasteiger partial charge in [-0.05, 0) is 17.5 Å². The predicted octanol–water partition coefficient (Wildman–Crippen LogP) is 0.574. The summed E-state index contributed by atoms with van der Waals surface area (Å²) in [6.07, 6.45) is -0.471. The number of hydrogen-bond acceptors (Lipinski definition) is 8. The molecule has 3 aromatic heterocycles. The number of aromatic amines is 1. The first-order valence-corrected chi connectivity index (χ1v) is 9.76. The highest BCUT2D eigenvalue weighted by Gasteiger charge is 2.44. The van der Waals surface area contributed by atoms with Gasteiger partial charge in [0.05, 0.1) is 12.9 Å². The van der Waals surface area contributed by atoms with Gasteiger partial charge < -0.3 is 30.4 Å². The van der Waals surface area contributed by atoms with E-state index in [4.69, 9.17) is 4.74 Å². The molecule has 0 radical (unpaired) electrons. The molecule has 4 atom stereocenters. The first-order chi connectivity index (χ1) is 14.7. The number of imidazole rings is 1. The zero-order chi connectivity index (χ0) is 20.7. The molecule has 5 N–H and O–H groups in total. The average Bonchev–Trinajstić information content (AvgIpc) is 3.44. The lowest BCUT2D eigenvalue weighted by Crippen LogP contribution is -2.33. The van der Waals surface area contributed by atoms with Crippen LogP contribution in [0.25, 0.3) is 22.1 Å². The van der Waals surface area contributed by atoms with E-state index in [0.29, 0.717) is 23.5 Å². The molecule has 5 rings (SSSR count). The van der Waals surface area contributed by atoms with Gasteiger partial charge >= 0.3 is 0 Å². The van der Waals surface area contributed by atoms with Gasteiger partial charge in [-0.15, -0.1) is 0 Å². The highest BCUT2D eigenvalue weighted by atomic mass is 16.6. The maximum atomic E-state index is 10.3. The Kier molecular flexibility index (Phi) is 4.83. The number of fused-ring (bicyclic) bond motifs is 2. The molecule has 2 unspecified atom stereocenters. The summed E-state index contributed by atoms with van der Waals surface area (Å²) in [6.45, 7) is 0.247. The number of nitrogens with zero attached hydrogens (tertiary/aromatic N) is 4. The Morgan fingerprint density at radius 1 is 1.13 bits per heavy atom. The molecule has 0 saturated carbocycles. The minimum Gasteiger partial charge on any atom is -0.394 e. The van der Waals surface area contributed by atoms with Crippen LogP contribution in [0.2, 0.25) is 0 Å². The van der Waals surface area contributed by atoms with Gasteiger partial charge in [0.2, 0.25) is 0 Å². The number of para-hydroxylation sites is 1. The van der Waals surface area contributed by atoms with Crippen molar-refractivity contribution in [2.45, 2.75) is 31.0 Å². The Morgan fingerprint density at radius 2 is 2.00 bits per heavy atom. The standard InChI is InChI=1S/C20H22N6O4/c27-8-14-16(28)17(29)20(30-14)26-10-24-15-18(22-9-23-19(15)26)21-6-5-12-7-11-3-1-2-4-13(11)25-12/h1-4,7,9-10,14,16-17,20,25,27-29H,5-6,8H2,(H,21,22,23)/t14-,16?,17?,20-/m1/s1. The lowest BCUT2D eigenvalue weighted by Gasteiger charge is -2.16. The van der Waals surface area contributed by atoms with E-state index in [1.807, 2.05) is 18.2 Å². The largest absolute Gasteiger partial charge is 0.394 e. The van der Waals surface area contributed by atoms with E-state index in [9.17, 15) is 15.3 Å². The third kappa shape index (κ3) is 3.19. The molecule has 0 bridgehead atoms. The number of aliphatic hydroxyl groups excluding tert-OH is 3. The zero-order valence-electron chi connectivity index (χ0n) is 16.0. The fourth-order valence-corrected chi connectivity index (χ4v) is 3.86. The first kappa shape index (κ1) is 18.9. The molecular weight excluding hydrogens is 388 g/mol. The Morgan fingerprint density at radius 3 is 2.80 bits per heavy atom. The second-order valence-electron chi connectivity index (χ2n) is 7.33. The highest BCUT2D eigenvalue weighted by Crippen LogP contribution is 2.32. The highest BCUT2D eigenvalue weighted by molar-refractivity contribution is 5.83. The second-order valence-corrected chi connectivity index (χ2v) is 7.33. The number of aliphatic hydroxyl groups is 3. The average molecular weight is 410 g/mol. The molecule has 1 aliphatic heterocycles. The first-order valence-electron chi connectivity index (χ1n) is 9.76. The van der Waals surface area contributed by atoms with Crippen molar-refractivity contribution in [3.63, 3.8) is 0 Å². The summed E-state index contributed by atoms with van der Waals surface area (Å²) in [5.41, 5.74) is 3.22. The second kappa shape index (κ2) is 7.65. The van der Waals surface area contributed by atoms with Crippen molar-refractivity contribution in [2.24, 2.45) is 0 Å². The molecule has 156 valence electrons. The molecule has 1 aromatic carbocycles. The monoisotopic (exact) mass is 410 g/mol. The van der Waals surface area contributed by atoms with Gasteiger partial charge in [0.25, 0.3) is 0 Å². The van der Waals surface area contributed by atoms with E-state index in [1.165, 1.54) is 18.0 Å². The van der Waals surface area contributed by atoms with Crippen LogP contribution in [0.15, 0.2) is 43.0 Å². The number of hydrogen-bond donors (Lipinski definition) is 5. The smallest absolute Gasteiger partial charge is 0.167 e. The maximum absolute atomic E-state index is 10.3. The molecule has 1 saturated heterocycles. The van der Waals surface area contributed by atoms with Crippen LogP contribution in [0.1, 0.15) is 11.9 Å². The number of rotatable bonds is 6. The van der Waals surface area contributed by atoms with Crippen molar-refractivity contribution in [3.05, 3.63) is 48.7 Å². The molecule has 1 fully saturated rings. The van der Waals surface area contributed by atoms with Gasteiger partial charge in [-0.1, -0.05) is 18.2 Å². The summed E-state index contributed by atoms with van der Waals surface area (Å²) in [6, 6.07) is 10.3. The number of H-pyrrole nitrogens is 1. The molecule has 4 heterocycles. The number of anilines is 1. The minimum absolute atomic E-state index is 0.392. The van der Waals surface area contributed by atoms with E-state index in [-0.39, 0.29) is 0 Å². The van der Waals surface area contributed by atoms with E-state index >= 15 is 0 Å². The van der Waals surface area contributed by atoms with Crippen LogP contribution >= 0.6 is 0 Å². The molecule has 4 aromatic rings. The minimum atomic E-state index is -1.20.